The number of aliphatic hydroxyl groups is 1. The lowest BCUT2D eigenvalue weighted by Crippen LogP contribution is -2.51. The van der Waals surface area contributed by atoms with Crippen LogP contribution in [0, 0.1) is 0 Å². The van der Waals surface area contributed by atoms with Gasteiger partial charge in [-0.05, 0) is 32.2 Å². The van der Waals surface area contributed by atoms with Crippen LogP contribution in [0.1, 0.15) is 18.6 Å². The Morgan fingerprint density at radius 1 is 1.29 bits per heavy atom. The normalized spacial score (nSPS) is 22.0. The Balaban J connectivity index is 2.10. The highest BCUT2D eigenvalue weighted by Gasteiger charge is 2.25. The number of hydrogen-bond acceptors (Lipinski definition) is 5. The molecule has 1 aromatic rings. The van der Waals surface area contributed by atoms with E-state index in [4.69, 9.17) is 9.47 Å². The summed E-state index contributed by atoms with van der Waals surface area (Å²) in [6.45, 7) is 5.85. The van der Waals surface area contributed by atoms with E-state index in [9.17, 15) is 5.11 Å². The molecule has 5 heteroatoms. The number of hydrogen-bond donors (Lipinski definition) is 1. The minimum absolute atomic E-state index is 0.440. The molecule has 0 aliphatic carbocycles. The number of β-amino-alcohol motifs (C(OH)–C–C–N with tert-alkyl or cyclic N) is 1. The van der Waals surface area contributed by atoms with Crippen LogP contribution in [0.15, 0.2) is 18.2 Å². The third-order valence-corrected chi connectivity index (χ3v) is 4.17. The molecule has 0 unspecified atom stereocenters. The molecule has 5 nitrogen and oxygen atoms in total. The van der Waals surface area contributed by atoms with Gasteiger partial charge in [0.05, 0.1) is 20.3 Å². The molecule has 1 aliphatic rings. The monoisotopic (exact) mass is 294 g/mol. The molecule has 2 atom stereocenters. The van der Waals surface area contributed by atoms with Crippen molar-refractivity contribution in [1.82, 2.24) is 9.80 Å². The van der Waals surface area contributed by atoms with Crippen LogP contribution in [0.5, 0.6) is 11.5 Å². The first-order chi connectivity index (χ1) is 10.0. The number of aliphatic hydroxyl groups excluding tert-OH is 1. The first-order valence-electron chi connectivity index (χ1n) is 7.37. The van der Waals surface area contributed by atoms with Gasteiger partial charge in [-0.25, -0.2) is 0 Å². The van der Waals surface area contributed by atoms with E-state index in [-0.39, 0.29) is 0 Å². The van der Waals surface area contributed by atoms with E-state index >= 15 is 0 Å². The van der Waals surface area contributed by atoms with Crippen LogP contribution in [0.4, 0.5) is 0 Å². The summed E-state index contributed by atoms with van der Waals surface area (Å²) in [6, 6.07) is 5.97. The highest BCUT2D eigenvalue weighted by Crippen LogP contribution is 2.30. The predicted molar refractivity (Wildman–Crippen MR) is 83.0 cm³/mol. The number of ether oxygens (including phenoxy) is 2. The molecule has 21 heavy (non-hydrogen) atoms. The lowest BCUT2D eigenvalue weighted by atomic mass is 10.1. The molecule has 1 heterocycles. The summed E-state index contributed by atoms with van der Waals surface area (Å²) in [7, 11) is 5.38. The van der Waals surface area contributed by atoms with Gasteiger partial charge in [0.15, 0.2) is 0 Å². The lowest BCUT2D eigenvalue weighted by Gasteiger charge is -2.39. The van der Waals surface area contributed by atoms with Gasteiger partial charge in [0.25, 0.3) is 0 Å². The van der Waals surface area contributed by atoms with Crippen molar-refractivity contribution in [1.29, 1.82) is 0 Å². The van der Waals surface area contributed by atoms with Gasteiger partial charge in [-0.15, -0.1) is 0 Å². The highest BCUT2D eigenvalue weighted by atomic mass is 16.5. The van der Waals surface area contributed by atoms with Gasteiger partial charge in [-0.1, -0.05) is 0 Å². The van der Waals surface area contributed by atoms with Crippen molar-refractivity contribution in [2.75, 3.05) is 47.4 Å². The van der Waals surface area contributed by atoms with Crippen LogP contribution in [-0.4, -0.2) is 68.4 Å². The molecule has 0 saturated carbocycles. The van der Waals surface area contributed by atoms with Crippen LogP contribution >= 0.6 is 0 Å². The fourth-order valence-corrected chi connectivity index (χ4v) is 2.87. The van der Waals surface area contributed by atoms with Crippen molar-refractivity contribution < 1.29 is 14.6 Å². The zero-order valence-electron chi connectivity index (χ0n) is 13.4. The third-order valence-electron chi connectivity index (χ3n) is 4.17. The first kappa shape index (κ1) is 16.1. The minimum Gasteiger partial charge on any atom is -0.497 e. The quantitative estimate of drug-likeness (QED) is 0.889. The van der Waals surface area contributed by atoms with E-state index < -0.39 is 6.10 Å². The van der Waals surface area contributed by atoms with Crippen molar-refractivity contribution in [2.45, 2.75) is 19.1 Å². The Kier molecular flexibility index (Phi) is 5.45. The number of nitrogens with zero attached hydrogens (tertiary/aromatic N) is 2. The Morgan fingerprint density at radius 2 is 2.05 bits per heavy atom. The lowest BCUT2D eigenvalue weighted by molar-refractivity contribution is 0.0464. The first-order valence-corrected chi connectivity index (χ1v) is 7.37. The summed E-state index contributed by atoms with van der Waals surface area (Å²) < 4.78 is 10.6. The molecule has 0 radical (unpaired) electrons. The highest BCUT2D eigenvalue weighted by molar-refractivity contribution is 5.41. The number of rotatable bonds is 5. The number of methoxy groups -OCH3 is 2. The average molecular weight is 294 g/mol. The van der Waals surface area contributed by atoms with Gasteiger partial charge in [0.2, 0.25) is 0 Å². The molecular weight excluding hydrogens is 268 g/mol. The van der Waals surface area contributed by atoms with Crippen molar-refractivity contribution in [2.24, 2.45) is 0 Å². The minimum atomic E-state index is -0.582. The number of benzene rings is 1. The van der Waals surface area contributed by atoms with Crippen LogP contribution in [0.3, 0.4) is 0 Å². The van der Waals surface area contributed by atoms with Gasteiger partial charge in [-0.3, -0.25) is 4.90 Å². The van der Waals surface area contributed by atoms with E-state index in [1.807, 2.05) is 18.2 Å². The van der Waals surface area contributed by atoms with Gasteiger partial charge >= 0.3 is 0 Å². The van der Waals surface area contributed by atoms with Gasteiger partial charge < -0.3 is 19.5 Å². The fraction of sp³-hybridized carbons (Fsp3) is 0.625. The van der Waals surface area contributed by atoms with E-state index in [0.717, 1.165) is 30.9 Å². The molecule has 0 spiro atoms. The molecule has 0 amide bonds. The zero-order valence-corrected chi connectivity index (χ0v) is 13.4. The van der Waals surface area contributed by atoms with Crippen LogP contribution in [-0.2, 0) is 0 Å². The Hall–Kier alpha value is -1.30. The molecule has 0 bridgehead atoms. The maximum atomic E-state index is 10.6. The molecule has 1 fully saturated rings. The van der Waals surface area contributed by atoms with Crippen molar-refractivity contribution in [3.63, 3.8) is 0 Å². The van der Waals surface area contributed by atoms with Crippen LogP contribution in [0.25, 0.3) is 0 Å². The van der Waals surface area contributed by atoms with Gasteiger partial charge in [-0.2, -0.15) is 0 Å². The summed E-state index contributed by atoms with van der Waals surface area (Å²) in [5.74, 6) is 1.43. The second-order valence-corrected chi connectivity index (χ2v) is 5.73. The second kappa shape index (κ2) is 7.11. The SMILES string of the molecule is COc1ccc(OC)c([C@@H](O)CN2CCN(C)C[C@H]2C)c1. The Labute approximate surface area is 127 Å². The van der Waals surface area contributed by atoms with E-state index in [1.54, 1.807) is 14.2 Å². The van der Waals surface area contributed by atoms with Crippen molar-refractivity contribution >= 4 is 0 Å². The summed E-state index contributed by atoms with van der Waals surface area (Å²) in [5.41, 5.74) is 0.781. The fourth-order valence-electron chi connectivity index (χ4n) is 2.87. The van der Waals surface area contributed by atoms with Gasteiger partial charge in [0, 0.05) is 37.8 Å². The molecule has 1 saturated heterocycles. The molecule has 1 aromatic carbocycles. The van der Waals surface area contributed by atoms with Crippen LogP contribution < -0.4 is 9.47 Å². The zero-order chi connectivity index (χ0) is 15.4. The van der Waals surface area contributed by atoms with Crippen molar-refractivity contribution in [3.05, 3.63) is 23.8 Å². The molecular formula is C16H26N2O3. The molecule has 118 valence electrons. The maximum absolute atomic E-state index is 10.6. The largest absolute Gasteiger partial charge is 0.497 e. The summed E-state index contributed by atoms with van der Waals surface area (Å²) in [4.78, 5) is 4.64. The molecule has 2 rings (SSSR count). The number of piperazine rings is 1. The smallest absolute Gasteiger partial charge is 0.124 e. The number of likely N-dealkylation sites (N-methyl/N-ethyl adjacent to an activating group) is 1. The molecule has 1 aliphatic heterocycles. The Morgan fingerprint density at radius 3 is 2.67 bits per heavy atom. The summed E-state index contributed by atoms with van der Waals surface area (Å²) in [6.07, 6.45) is -0.582. The topological polar surface area (TPSA) is 45.2 Å². The second-order valence-electron chi connectivity index (χ2n) is 5.73. The van der Waals surface area contributed by atoms with E-state index in [2.05, 4.69) is 23.8 Å². The van der Waals surface area contributed by atoms with E-state index in [1.165, 1.54) is 0 Å². The van der Waals surface area contributed by atoms with Crippen molar-refractivity contribution in [3.8, 4) is 11.5 Å². The summed E-state index contributed by atoms with van der Waals surface area (Å²) in [5, 5.41) is 10.6. The van der Waals surface area contributed by atoms with Crippen LogP contribution in [0.2, 0.25) is 0 Å². The van der Waals surface area contributed by atoms with Gasteiger partial charge in [0.1, 0.15) is 11.5 Å². The standard InChI is InChI=1S/C16H26N2O3/c1-12-10-17(2)7-8-18(12)11-15(19)14-9-13(20-3)5-6-16(14)21-4/h5-6,9,12,15,19H,7-8,10-11H2,1-4H3/t12-,15+/m1/s1. The molecule has 1 N–H and O–H groups in total. The summed E-state index contributed by atoms with van der Waals surface area (Å²) >= 11 is 0. The predicted octanol–water partition coefficient (Wildman–Crippen LogP) is 1.37. The van der Waals surface area contributed by atoms with E-state index in [0.29, 0.717) is 18.3 Å². The average Bonchev–Trinajstić information content (AvgIpc) is 2.49. The molecule has 0 aromatic heterocycles. The maximum Gasteiger partial charge on any atom is 0.124 e. The Bertz CT molecular complexity index is 467. The third kappa shape index (κ3) is 3.87.